The van der Waals surface area contributed by atoms with Gasteiger partial charge in [-0.1, -0.05) is 26.0 Å². The van der Waals surface area contributed by atoms with Gasteiger partial charge in [-0.15, -0.1) is 24.8 Å². The molecule has 1 aromatic heterocycles. The SMILES string of the molecule is COCCCCn1c(C(=O)N(CC(C)C)[C@@H]2CNCC(C(=O)N3CCCC3)C2)nc2ccccc21.Cl.Cl. The van der Waals surface area contributed by atoms with Gasteiger partial charge in [0.1, 0.15) is 0 Å². The van der Waals surface area contributed by atoms with Crippen LogP contribution in [0.1, 0.15) is 56.6 Å². The maximum atomic E-state index is 14.1. The van der Waals surface area contributed by atoms with Crippen molar-refractivity contribution in [3.8, 4) is 0 Å². The zero-order valence-corrected chi connectivity index (χ0v) is 24.0. The number of benzene rings is 1. The maximum absolute atomic E-state index is 14.1. The van der Waals surface area contributed by atoms with Gasteiger partial charge in [-0.2, -0.15) is 0 Å². The van der Waals surface area contributed by atoms with Gasteiger partial charge in [-0.05, 0) is 50.2 Å². The van der Waals surface area contributed by atoms with Crippen LogP contribution in [0.15, 0.2) is 24.3 Å². The van der Waals surface area contributed by atoms with Crippen LogP contribution in [-0.4, -0.2) is 83.6 Å². The molecule has 2 aromatic rings. The lowest BCUT2D eigenvalue weighted by Crippen LogP contribution is -2.55. The number of para-hydroxylation sites is 2. The number of rotatable bonds is 10. The number of aromatic nitrogens is 2. The first-order valence-electron chi connectivity index (χ1n) is 13.2. The molecule has 37 heavy (non-hydrogen) atoms. The minimum atomic E-state index is -0.0813. The number of halogens is 2. The first kappa shape index (κ1) is 31.3. The van der Waals surface area contributed by atoms with E-state index in [1.54, 1.807) is 7.11 Å². The number of methoxy groups -OCH3 is 1. The van der Waals surface area contributed by atoms with Crippen LogP contribution in [0.3, 0.4) is 0 Å². The molecule has 0 aliphatic carbocycles. The van der Waals surface area contributed by atoms with E-state index < -0.39 is 0 Å². The number of carbonyl (C=O) groups is 2. The monoisotopic (exact) mass is 555 g/mol. The highest BCUT2D eigenvalue weighted by Gasteiger charge is 2.36. The minimum Gasteiger partial charge on any atom is -0.385 e. The van der Waals surface area contributed by atoms with E-state index in [0.29, 0.717) is 44.4 Å². The molecule has 1 N–H and O–H groups in total. The number of ether oxygens (including phenoxy) is 1. The highest BCUT2D eigenvalue weighted by Crippen LogP contribution is 2.25. The van der Waals surface area contributed by atoms with Crippen LogP contribution in [-0.2, 0) is 16.1 Å². The topological polar surface area (TPSA) is 79.7 Å². The summed E-state index contributed by atoms with van der Waals surface area (Å²) in [5.74, 6) is 0.928. The Hall–Kier alpha value is -1.87. The van der Waals surface area contributed by atoms with E-state index in [9.17, 15) is 9.59 Å². The predicted molar refractivity (Wildman–Crippen MR) is 152 cm³/mol. The molecule has 1 aromatic carbocycles. The van der Waals surface area contributed by atoms with Crippen LogP contribution in [0.2, 0.25) is 0 Å². The van der Waals surface area contributed by atoms with Crippen LogP contribution < -0.4 is 5.32 Å². The number of likely N-dealkylation sites (tertiary alicyclic amines) is 1. The summed E-state index contributed by atoms with van der Waals surface area (Å²) in [6.45, 7) is 9.46. The predicted octanol–water partition coefficient (Wildman–Crippen LogP) is 4.01. The van der Waals surface area contributed by atoms with Crippen molar-refractivity contribution < 1.29 is 14.3 Å². The Kier molecular flexibility index (Phi) is 12.6. The van der Waals surface area contributed by atoms with Crippen molar-refractivity contribution in [1.29, 1.82) is 0 Å². The van der Waals surface area contributed by atoms with Gasteiger partial charge < -0.3 is 24.4 Å². The van der Waals surface area contributed by atoms with Crippen molar-refractivity contribution in [1.82, 2.24) is 24.7 Å². The fourth-order valence-electron chi connectivity index (χ4n) is 5.44. The second kappa shape index (κ2) is 14.9. The summed E-state index contributed by atoms with van der Waals surface area (Å²) >= 11 is 0. The molecule has 2 atom stereocenters. The molecule has 2 aliphatic heterocycles. The van der Waals surface area contributed by atoms with Crippen molar-refractivity contribution in [3.05, 3.63) is 30.1 Å². The van der Waals surface area contributed by atoms with E-state index in [-0.39, 0.29) is 48.6 Å². The number of nitrogens with one attached hydrogen (secondary N) is 1. The molecule has 208 valence electrons. The second-order valence-electron chi connectivity index (χ2n) is 10.4. The van der Waals surface area contributed by atoms with Crippen LogP contribution in [0.25, 0.3) is 11.0 Å². The van der Waals surface area contributed by atoms with Gasteiger partial charge in [0.05, 0.1) is 17.0 Å². The third-order valence-electron chi connectivity index (χ3n) is 7.18. The summed E-state index contributed by atoms with van der Waals surface area (Å²) in [5, 5.41) is 3.46. The number of hydrogen-bond acceptors (Lipinski definition) is 5. The van der Waals surface area contributed by atoms with Crippen molar-refractivity contribution in [2.75, 3.05) is 46.4 Å². The van der Waals surface area contributed by atoms with Crippen molar-refractivity contribution in [2.45, 2.75) is 58.5 Å². The minimum absolute atomic E-state index is 0. The third kappa shape index (κ3) is 7.59. The Morgan fingerprint density at radius 3 is 2.57 bits per heavy atom. The molecule has 10 heteroatoms. The average Bonchev–Trinajstić information content (AvgIpc) is 3.53. The van der Waals surface area contributed by atoms with E-state index in [0.717, 1.165) is 56.4 Å². The summed E-state index contributed by atoms with van der Waals surface area (Å²) < 4.78 is 7.29. The molecule has 0 saturated carbocycles. The largest absolute Gasteiger partial charge is 0.385 e. The molecule has 2 aliphatic rings. The number of piperidine rings is 1. The van der Waals surface area contributed by atoms with E-state index in [1.165, 1.54) is 0 Å². The molecule has 2 saturated heterocycles. The standard InChI is InChI=1S/C27H41N5O3.2ClH/c1-20(2)19-32(22-16-21(17-28-18-22)26(33)30-12-6-7-13-30)27(34)25-29-23-10-4-5-11-24(23)31(25)14-8-9-15-35-3;;/h4-5,10-11,20-22,28H,6-9,12-19H2,1-3H3;2*1H/t21?,22-;;/m0../s1. The third-order valence-corrected chi connectivity index (χ3v) is 7.18. The average molecular weight is 557 g/mol. The van der Waals surface area contributed by atoms with Gasteiger partial charge in [0.15, 0.2) is 5.82 Å². The molecule has 3 heterocycles. The van der Waals surface area contributed by atoms with Gasteiger partial charge in [0.25, 0.3) is 5.91 Å². The molecule has 2 amide bonds. The molecule has 0 bridgehead atoms. The Labute approximate surface area is 233 Å². The molecule has 4 rings (SSSR count). The van der Waals surface area contributed by atoms with E-state index in [2.05, 4.69) is 23.7 Å². The quantitative estimate of drug-likeness (QED) is 0.448. The van der Waals surface area contributed by atoms with Crippen molar-refractivity contribution in [2.24, 2.45) is 11.8 Å². The van der Waals surface area contributed by atoms with Crippen molar-refractivity contribution in [3.63, 3.8) is 0 Å². The second-order valence-corrected chi connectivity index (χ2v) is 10.4. The first-order chi connectivity index (χ1) is 17.0. The highest BCUT2D eigenvalue weighted by molar-refractivity contribution is 5.95. The zero-order valence-electron chi connectivity index (χ0n) is 22.4. The molecule has 0 radical (unpaired) electrons. The summed E-state index contributed by atoms with van der Waals surface area (Å²) in [4.78, 5) is 36.0. The molecular formula is C27H43Cl2N5O3. The van der Waals surface area contributed by atoms with Gasteiger partial charge >= 0.3 is 0 Å². The van der Waals surface area contributed by atoms with E-state index in [4.69, 9.17) is 9.72 Å². The van der Waals surface area contributed by atoms with Crippen molar-refractivity contribution >= 4 is 47.7 Å². The number of aryl methyl sites for hydroxylation is 1. The van der Waals surface area contributed by atoms with Gasteiger partial charge in [-0.25, -0.2) is 4.98 Å². The summed E-state index contributed by atoms with van der Waals surface area (Å²) in [6.07, 6.45) is 4.73. The molecule has 0 spiro atoms. The molecular weight excluding hydrogens is 513 g/mol. The summed E-state index contributed by atoms with van der Waals surface area (Å²) in [5.41, 5.74) is 1.83. The molecule has 1 unspecified atom stereocenters. The Bertz CT molecular complexity index is 1010. The smallest absolute Gasteiger partial charge is 0.290 e. The molecule has 2 fully saturated rings. The fraction of sp³-hybridized carbons (Fsp3) is 0.667. The number of carbonyl (C=O) groups excluding carboxylic acids is 2. The lowest BCUT2D eigenvalue weighted by atomic mass is 9.92. The number of amides is 2. The Balaban J connectivity index is 0.00000241. The Morgan fingerprint density at radius 2 is 1.86 bits per heavy atom. The molecule has 8 nitrogen and oxygen atoms in total. The van der Waals surface area contributed by atoms with Crippen LogP contribution in [0.5, 0.6) is 0 Å². The number of unbranched alkanes of at least 4 members (excludes halogenated alkanes) is 1. The van der Waals surface area contributed by atoms with E-state index >= 15 is 0 Å². The zero-order chi connectivity index (χ0) is 24.8. The maximum Gasteiger partial charge on any atom is 0.290 e. The first-order valence-corrected chi connectivity index (χ1v) is 13.2. The normalized spacial score (nSPS) is 19.5. The van der Waals surface area contributed by atoms with Crippen LogP contribution in [0.4, 0.5) is 0 Å². The number of fused-ring (bicyclic) bond motifs is 1. The number of imidazole rings is 1. The summed E-state index contributed by atoms with van der Waals surface area (Å²) in [6, 6.07) is 7.93. The van der Waals surface area contributed by atoms with Gasteiger partial charge in [0.2, 0.25) is 5.91 Å². The van der Waals surface area contributed by atoms with Gasteiger partial charge in [0, 0.05) is 59.0 Å². The summed E-state index contributed by atoms with van der Waals surface area (Å²) in [7, 11) is 1.71. The number of nitrogens with zero attached hydrogens (tertiary/aromatic N) is 4. The van der Waals surface area contributed by atoms with Gasteiger partial charge in [-0.3, -0.25) is 9.59 Å². The highest BCUT2D eigenvalue weighted by atomic mass is 35.5. The fourth-order valence-corrected chi connectivity index (χ4v) is 5.44. The van der Waals surface area contributed by atoms with E-state index in [1.807, 2.05) is 34.1 Å². The van der Waals surface area contributed by atoms with Crippen LogP contribution in [0, 0.1) is 11.8 Å². The number of hydrogen-bond donors (Lipinski definition) is 1. The Morgan fingerprint density at radius 1 is 1.14 bits per heavy atom. The lowest BCUT2D eigenvalue weighted by molar-refractivity contribution is -0.135. The lowest BCUT2D eigenvalue weighted by Gasteiger charge is -2.39. The van der Waals surface area contributed by atoms with Crippen LogP contribution >= 0.6 is 24.8 Å².